The lowest BCUT2D eigenvalue weighted by Gasteiger charge is -2.32. The minimum absolute atomic E-state index is 0.289. The van der Waals surface area contributed by atoms with Crippen molar-refractivity contribution in [3.63, 3.8) is 0 Å². The van der Waals surface area contributed by atoms with Gasteiger partial charge in [-0.1, -0.05) is 105 Å². The molecule has 0 saturated carbocycles. The Balaban J connectivity index is 1.76. The van der Waals surface area contributed by atoms with Crippen molar-refractivity contribution in [1.29, 1.82) is 0 Å². The number of hydrogen-bond donors (Lipinski definition) is 0. The molecule has 0 saturated heterocycles. The van der Waals surface area contributed by atoms with E-state index in [4.69, 9.17) is 0 Å². The lowest BCUT2D eigenvalue weighted by molar-refractivity contribution is 0.377. The first-order chi connectivity index (χ1) is 16.5. The lowest BCUT2D eigenvalue weighted by Crippen LogP contribution is -2.19. The fraction of sp³-hybridized carbons (Fsp3) is 0.400. The van der Waals surface area contributed by atoms with Gasteiger partial charge in [-0.05, 0) is 98.7 Å². The predicted molar refractivity (Wildman–Crippen MR) is 155 cm³/mol. The standard InChI is InChI=1S/C35H44/c1-24(2)30-19-17-28(6)34-31(22-29(7)32(34)23-30)18-15-25(3)12-10-13-26(4)16-20-33-27(5)14-11-21-35(33,8)9/h10,12-13,15-20,22,24H,11,14,21H2,1-9H3/b12-10+,20-16+,25-15+,26-13+,31-18+. The molecule has 184 valence electrons. The molecule has 3 aliphatic carbocycles. The summed E-state index contributed by atoms with van der Waals surface area (Å²) in [7, 11) is 0. The second kappa shape index (κ2) is 11.3. The van der Waals surface area contributed by atoms with Crippen molar-refractivity contribution in [2.24, 2.45) is 11.3 Å². The molecule has 0 unspecified atom stereocenters. The van der Waals surface area contributed by atoms with Crippen molar-refractivity contribution in [3.05, 3.63) is 122 Å². The van der Waals surface area contributed by atoms with Crippen LogP contribution < -0.4 is 0 Å². The van der Waals surface area contributed by atoms with E-state index in [9.17, 15) is 0 Å². The maximum absolute atomic E-state index is 3.69. The van der Waals surface area contributed by atoms with Crippen molar-refractivity contribution in [2.45, 2.75) is 81.6 Å². The highest BCUT2D eigenvalue weighted by Gasteiger charge is 2.26. The molecule has 0 aliphatic heterocycles. The van der Waals surface area contributed by atoms with Crippen molar-refractivity contribution in [2.75, 3.05) is 0 Å². The van der Waals surface area contributed by atoms with Gasteiger partial charge in [-0.25, -0.2) is 0 Å². The second-order valence-electron chi connectivity index (χ2n) is 11.4. The molecule has 0 aromatic heterocycles. The molecule has 3 aliphatic rings. The minimum atomic E-state index is 0.289. The summed E-state index contributed by atoms with van der Waals surface area (Å²) in [5.74, 6) is 0.472. The molecule has 0 radical (unpaired) electrons. The van der Waals surface area contributed by atoms with Gasteiger partial charge in [0.25, 0.3) is 0 Å². The molecule has 0 fully saturated rings. The van der Waals surface area contributed by atoms with Gasteiger partial charge in [0.1, 0.15) is 0 Å². The summed E-state index contributed by atoms with van der Waals surface area (Å²) in [5, 5.41) is 0. The van der Waals surface area contributed by atoms with Gasteiger partial charge in [0.05, 0.1) is 0 Å². The Bertz CT molecular complexity index is 1210. The van der Waals surface area contributed by atoms with E-state index in [1.165, 1.54) is 69.4 Å². The Morgan fingerprint density at radius 2 is 1.71 bits per heavy atom. The van der Waals surface area contributed by atoms with Gasteiger partial charge >= 0.3 is 0 Å². The Morgan fingerprint density at radius 1 is 1.00 bits per heavy atom. The van der Waals surface area contributed by atoms with Gasteiger partial charge in [-0.15, -0.1) is 5.73 Å². The Morgan fingerprint density at radius 3 is 2.40 bits per heavy atom. The van der Waals surface area contributed by atoms with E-state index in [1.807, 2.05) is 0 Å². The molecule has 0 amide bonds. The van der Waals surface area contributed by atoms with Crippen molar-refractivity contribution < 1.29 is 0 Å². The average Bonchev–Trinajstić information content (AvgIpc) is 2.96. The van der Waals surface area contributed by atoms with Crippen LogP contribution in [0.3, 0.4) is 0 Å². The SMILES string of the molecule is CC1=C\C(=C/C=C(C)/C=C/C=C(C)/C=C/C2=C(C)CCCC2(C)C)C2=C(C)C=CC(C(C)C)=C=C12. The van der Waals surface area contributed by atoms with Crippen LogP contribution in [-0.2, 0) is 0 Å². The van der Waals surface area contributed by atoms with Gasteiger partial charge in [0.2, 0.25) is 0 Å². The third kappa shape index (κ3) is 6.65. The highest BCUT2D eigenvalue weighted by molar-refractivity contribution is 5.71. The predicted octanol–water partition coefficient (Wildman–Crippen LogP) is 10.4. The molecule has 0 bridgehead atoms. The summed E-state index contributed by atoms with van der Waals surface area (Å²) in [5.41, 5.74) is 17.3. The Hall–Kier alpha value is -2.82. The minimum Gasteiger partial charge on any atom is -0.108 e. The second-order valence-corrected chi connectivity index (χ2v) is 11.4. The summed E-state index contributed by atoms with van der Waals surface area (Å²) in [6.07, 6.45) is 26.2. The van der Waals surface area contributed by atoms with Gasteiger partial charge in [-0.2, -0.15) is 0 Å². The van der Waals surface area contributed by atoms with Crippen LogP contribution in [-0.4, -0.2) is 0 Å². The van der Waals surface area contributed by atoms with Crippen LogP contribution in [0.2, 0.25) is 0 Å². The number of fused-ring (bicyclic) bond motifs is 1. The normalized spacial score (nSPS) is 22.5. The monoisotopic (exact) mass is 464 g/mol. The van der Waals surface area contributed by atoms with Crippen LogP contribution >= 0.6 is 0 Å². The molecule has 0 N–H and O–H groups in total. The van der Waals surface area contributed by atoms with E-state index >= 15 is 0 Å². The summed E-state index contributed by atoms with van der Waals surface area (Å²) in [4.78, 5) is 0. The molecular weight excluding hydrogens is 420 g/mol. The number of hydrogen-bond acceptors (Lipinski definition) is 0. The molecule has 0 atom stereocenters. The van der Waals surface area contributed by atoms with Crippen LogP contribution in [0, 0.1) is 11.3 Å². The van der Waals surface area contributed by atoms with Crippen molar-refractivity contribution >= 4 is 0 Å². The first kappa shape index (κ1) is 26.8. The molecular formula is C35H44. The van der Waals surface area contributed by atoms with Crippen LogP contribution in [0.5, 0.6) is 0 Å². The van der Waals surface area contributed by atoms with E-state index in [1.54, 1.807) is 5.57 Å². The van der Waals surface area contributed by atoms with E-state index in [0.717, 1.165) is 0 Å². The fourth-order valence-electron chi connectivity index (χ4n) is 5.17. The summed E-state index contributed by atoms with van der Waals surface area (Å²) >= 11 is 0. The average molecular weight is 465 g/mol. The molecule has 0 nitrogen and oxygen atoms in total. The van der Waals surface area contributed by atoms with Crippen LogP contribution in [0.4, 0.5) is 0 Å². The summed E-state index contributed by atoms with van der Waals surface area (Å²) < 4.78 is 0. The van der Waals surface area contributed by atoms with Gasteiger partial charge in [0.15, 0.2) is 0 Å². The molecule has 3 rings (SSSR count). The molecule has 0 heteroatoms. The van der Waals surface area contributed by atoms with Crippen LogP contribution in [0.15, 0.2) is 122 Å². The largest absolute Gasteiger partial charge is 0.108 e. The number of rotatable bonds is 6. The lowest BCUT2D eigenvalue weighted by atomic mass is 9.72. The molecule has 0 aromatic rings. The quantitative estimate of drug-likeness (QED) is 0.271. The smallest absolute Gasteiger partial charge is 0.0278 e. The zero-order valence-electron chi connectivity index (χ0n) is 23.5. The topological polar surface area (TPSA) is 0 Å². The summed E-state index contributed by atoms with van der Waals surface area (Å²) in [6.45, 7) is 20.3. The molecule has 0 aromatic carbocycles. The maximum atomic E-state index is 3.69. The Kier molecular flexibility index (Phi) is 8.63. The van der Waals surface area contributed by atoms with E-state index in [2.05, 4.69) is 129 Å². The van der Waals surface area contributed by atoms with Gasteiger partial charge in [-0.3, -0.25) is 0 Å². The van der Waals surface area contributed by atoms with Crippen molar-refractivity contribution in [3.8, 4) is 0 Å². The summed E-state index contributed by atoms with van der Waals surface area (Å²) in [6, 6.07) is 0. The third-order valence-corrected chi connectivity index (χ3v) is 7.40. The van der Waals surface area contributed by atoms with Gasteiger partial charge in [0, 0.05) is 5.57 Å². The molecule has 0 heterocycles. The van der Waals surface area contributed by atoms with E-state index < -0.39 is 0 Å². The fourth-order valence-corrected chi connectivity index (χ4v) is 5.17. The molecule has 35 heavy (non-hydrogen) atoms. The Labute approximate surface area is 215 Å². The highest BCUT2D eigenvalue weighted by atomic mass is 14.3. The number of allylic oxidation sites excluding steroid dienone is 19. The zero-order chi connectivity index (χ0) is 25.8. The maximum Gasteiger partial charge on any atom is 0.0278 e. The van der Waals surface area contributed by atoms with E-state index in [-0.39, 0.29) is 5.41 Å². The van der Waals surface area contributed by atoms with E-state index in [0.29, 0.717) is 5.92 Å². The van der Waals surface area contributed by atoms with Crippen LogP contribution in [0.1, 0.15) is 81.6 Å². The first-order valence-electron chi connectivity index (χ1n) is 13.2. The van der Waals surface area contributed by atoms with Crippen LogP contribution in [0.25, 0.3) is 0 Å². The third-order valence-electron chi connectivity index (χ3n) is 7.40. The zero-order valence-corrected chi connectivity index (χ0v) is 23.5. The van der Waals surface area contributed by atoms with Gasteiger partial charge < -0.3 is 0 Å². The van der Waals surface area contributed by atoms with Crippen molar-refractivity contribution in [1.82, 2.24) is 0 Å². The molecule has 0 spiro atoms. The first-order valence-corrected chi connectivity index (χ1v) is 13.2. The highest BCUT2D eigenvalue weighted by Crippen LogP contribution is 2.41.